The number of fused-ring (bicyclic) bond motifs is 1. The standard InChI is InChI=1S/C15H21NO2S/c1-11-4-5-14-13(8-11)10-16(9-12(2)18-14)15(17)6-7-19-3/h4-5,8,12H,6-7,9-10H2,1-3H3. The third-order valence-corrected chi connectivity index (χ3v) is 3.87. The van der Waals surface area contributed by atoms with Gasteiger partial charge in [-0.15, -0.1) is 0 Å². The summed E-state index contributed by atoms with van der Waals surface area (Å²) >= 11 is 1.71. The molecule has 0 fully saturated rings. The molecule has 0 aromatic heterocycles. The van der Waals surface area contributed by atoms with Crippen molar-refractivity contribution in [1.29, 1.82) is 0 Å². The molecule has 0 saturated carbocycles. The first-order valence-electron chi connectivity index (χ1n) is 6.63. The third kappa shape index (κ3) is 3.66. The molecule has 0 aliphatic carbocycles. The van der Waals surface area contributed by atoms with E-state index in [1.165, 1.54) is 5.56 Å². The number of nitrogens with zero attached hydrogens (tertiary/aromatic N) is 1. The minimum absolute atomic E-state index is 0.0437. The number of hydrogen-bond donors (Lipinski definition) is 0. The Morgan fingerprint density at radius 1 is 1.53 bits per heavy atom. The van der Waals surface area contributed by atoms with Crippen LogP contribution in [0.3, 0.4) is 0 Å². The molecule has 1 atom stereocenters. The summed E-state index contributed by atoms with van der Waals surface area (Å²) in [5.41, 5.74) is 2.32. The van der Waals surface area contributed by atoms with Gasteiger partial charge in [-0.05, 0) is 26.2 Å². The van der Waals surface area contributed by atoms with Crippen LogP contribution in [0.5, 0.6) is 5.75 Å². The van der Waals surface area contributed by atoms with Crippen LogP contribution in [-0.4, -0.2) is 35.5 Å². The lowest BCUT2D eigenvalue weighted by Gasteiger charge is -2.22. The van der Waals surface area contributed by atoms with E-state index in [9.17, 15) is 4.79 Å². The van der Waals surface area contributed by atoms with Crippen molar-refractivity contribution in [3.63, 3.8) is 0 Å². The number of ether oxygens (including phenoxy) is 1. The predicted molar refractivity (Wildman–Crippen MR) is 79.7 cm³/mol. The molecule has 1 aliphatic heterocycles. The van der Waals surface area contributed by atoms with Gasteiger partial charge in [0, 0.05) is 24.3 Å². The van der Waals surface area contributed by atoms with Gasteiger partial charge in [-0.25, -0.2) is 0 Å². The lowest BCUT2D eigenvalue weighted by atomic mass is 10.1. The van der Waals surface area contributed by atoms with E-state index in [0.717, 1.165) is 17.1 Å². The highest BCUT2D eigenvalue weighted by Crippen LogP contribution is 2.26. The molecule has 0 saturated heterocycles. The molecule has 4 heteroatoms. The van der Waals surface area contributed by atoms with E-state index < -0.39 is 0 Å². The van der Waals surface area contributed by atoms with Crippen molar-refractivity contribution < 1.29 is 9.53 Å². The summed E-state index contributed by atoms with van der Waals surface area (Å²) in [6.07, 6.45) is 2.68. The van der Waals surface area contributed by atoms with E-state index in [1.54, 1.807) is 11.8 Å². The van der Waals surface area contributed by atoms with Gasteiger partial charge in [-0.3, -0.25) is 4.79 Å². The van der Waals surface area contributed by atoms with Crippen LogP contribution >= 0.6 is 11.8 Å². The van der Waals surface area contributed by atoms with E-state index in [1.807, 2.05) is 24.1 Å². The Balaban J connectivity index is 2.17. The smallest absolute Gasteiger partial charge is 0.223 e. The summed E-state index contributed by atoms with van der Waals surface area (Å²) in [5, 5.41) is 0. The SMILES string of the molecule is CSCCC(=O)N1Cc2cc(C)ccc2OC(C)C1. The van der Waals surface area contributed by atoms with Gasteiger partial charge in [0.05, 0.1) is 6.54 Å². The summed E-state index contributed by atoms with van der Waals surface area (Å²) in [7, 11) is 0. The summed E-state index contributed by atoms with van der Waals surface area (Å²) < 4.78 is 5.90. The van der Waals surface area contributed by atoms with E-state index in [2.05, 4.69) is 19.1 Å². The summed E-state index contributed by atoms with van der Waals surface area (Å²) in [4.78, 5) is 14.1. The van der Waals surface area contributed by atoms with Gasteiger partial charge in [-0.2, -0.15) is 11.8 Å². The van der Waals surface area contributed by atoms with Gasteiger partial charge in [-0.1, -0.05) is 17.7 Å². The van der Waals surface area contributed by atoms with Crippen molar-refractivity contribution >= 4 is 17.7 Å². The predicted octanol–water partition coefficient (Wildman–Crippen LogP) is 2.86. The maximum atomic E-state index is 12.2. The van der Waals surface area contributed by atoms with Crippen molar-refractivity contribution in [3.05, 3.63) is 29.3 Å². The van der Waals surface area contributed by atoms with Crippen molar-refractivity contribution in [2.45, 2.75) is 32.9 Å². The van der Waals surface area contributed by atoms with Crippen LogP contribution in [0.25, 0.3) is 0 Å². The minimum Gasteiger partial charge on any atom is -0.489 e. The molecule has 1 unspecified atom stereocenters. The second-order valence-corrected chi connectivity index (χ2v) is 6.04. The van der Waals surface area contributed by atoms with Crippen LogP contribution in [0, 0.1) is 6.92 Å². The molecule has 2 rings (SSSR count). The molecule has 3 nitrogen and oxygen atoms in total. The molecule has 0 bridgehead atoms. The van der Waals surface area contributed by atoms with Gasteiger partial charge < -0.3 is 9.64 Å². The number of carbonyl (C=O) groups is 1. The van der Waals surface area contributed by atoms with E-state index in [0.29, 0.717) is 19.5 Å². The minimum atomic E-state index is 0.0437. The van der Waals surface area contributed by atoms with E-state index in [-0.39, 0.29) is 12.0 Å². The Morgan fingerprint density at radius 3 is 3.05 bits per heavy atom. The van der Waals surface area contributed by atoms with Gasteiger partial charge in [0.1, 0.15) is 11.9 Å². The van der Waals surface area contributed by atoms with Crippen LogP contribution in [0.1, 0.15) is 24.5 Å². The Kier molecular flexibility index (Phi) is 4.75. The maximum Gasteiger partial charge on any atom is 0.223 e. The number of benzene rings is 1. The van der Waals surface area contributed by atoms with Gasteiger partial charge in [0.2, 0.25) is 5.91 Å². The number of hydrogen-bond acceptors (Lipinski definition) is 3. The Bertz CT molecular complexity index is 461. The van der Waals surface area contributed by atoms with Crippen molar-refractivity contribution in [2.75, 3.05) is 18.6 Å². The highest BCUT2D eigenvalue weighted by Gasteiger charge is 2.23. The first-order chi connectivity index (χ1) is 9.10. The third-order valence-electron chi connectivity index (χ3n) is 3.26. The van der Waals surface area contributed by atoms with Crippen molar-refractivity contribution in [3.8, 4) is 5.75 Å². The van der Waals surface area contributed by atoms with Crippen molar-refractivity contribution in [2.24, 2.45) is 0 Å². The lowest BCUT2D eigenvalue weighted by molar-refractivity contribution is -0.132. The zero-order valence-electron chi connectivity index (χ0n) is 11.8. The number of amides is 1. The normalized spacial score (nSPS) is 18.5. The molecule has 1 aromatic carbocycles. The second kappa shape index (κ2) is 6.33. The topological polar surface area (TPSA) is 29.5 Å². The average molecular weight is 279 g/mol. The molecule has 1 amide bonds. The molecule has 104 valence electrons. The lowest BCUT2D eigenvalue weighted by Crippen LogP contribution is -2.36. The van der Waals surface area contributed by atoms with Crippen LogP contribution in [0.15, 0.2) is 18.2 Å². The average Bonchev–Trinajstić information content (AvgIpc) is 2.53. The van der Waals surface area contributed by atoms with E-state index >= 15 is 0 Å². The Hall–Kier alpha value is -1.16. The highest BCUT2D eigenvalue weighted by molar-refractivity contribution is 7.98. The number of carbonyl (C=O) groups excluding carboxylic acids is 1. The quantitative estimate of drug-likeness (QED) is 0.852. The molecular formula is C15H21NO2S. The second-order valence-electron chi connectivity index (χ2n) is 5.06. The molecule has 19 heavy (non-hydrogen) atoms. The van der Waals surface area contributed by atoms with Crippen LogP contribution < -0.4 is 4.74 Å². The maximum absolute atomic E-state index is 12.2. The first-order valence-corrected chi connectivity index (χ1v) is 8.02. The molecule has 0 spiro atoms. The molecule has 1 aliphatic rings. The fourth-order valence-electron chi connectivity index (χ4n) is 2.32. The number of thioether (sulfide) groups is 1. The van der Waals surface area contributed by atoms with Crippen LogP contribution in [0.4, 0.5) is 0 Å². The molecular weight excluding hydrogens is 258 g/mol. The van der Waals surface area contributed by atoms with Gasteiger partial charge in [0.15, 0.2) is 0 Å². The monoisotopic (exact) mass is 279 g/mol. The molecule has 1 aromatic rings. The first kappa shape index (κ1) is 14.3. The molecule has 0 radical (unpaired) electrons. The Labute approximate surface area is 119 Å². The van der Waals surface area contributed by atoms with E-state index in [4.69, 9.17) is 4.74 Å². The summed E-state index contributed by atoms with van der Waals surface area (Å²) in [6.45, 7) is 5.41. The summed E-state index contributed by atoms with van der Waals surface area (Å²) in [5.74, 6) is 2.02. The zero-order chi connectivity index (χ0) is 13.8. The van der Waals surface area contributed by atoms with Crippen molar-refractivity contribution in [1.82, 2.24) is 4.90 Å². The van der Waals surface area contributed by atoms with Crippen LogP contribution in [0.2, 0.25) is 0 Å². The number of aryl methyl sites for hydroxylation is 1. The van der Waals surface area contributed by atoms with Gasteiger partial charge in [0.25, 0.3) is 0 Å². The summed E-state index contributed by atoms with van der Waals surface area (Å²) in [6, 6.07) is 6.18. The molecule has 0 N–H and O–H groups in total. The fraction of sp³-hybridized carbons (Fsp3) is 0.533. The van der Waals surface area contributed by atoms with Gasteiger partial charge >= 0.3 is 0 Å². The largest absolute Gasteiger partial charge is 0.489 e. The number of rotatable bonds is 3. The highest BCUT2D eigenvalue weighted by atomic mass is 32.2. The molecule has 1 heterocycles. The zero-order valence-corrected chi connectivity index (χ0v) is 12.6. The Morgan fingerprint density at radius 2 is 2.32 bits per heavy atom. The van der Waals surface area contributed by atoms with Crippen LogP contribution in [-0.2, 0) is 11.3 Å². The fourth-order valence-corrected chi connectivity index (χ4v) is 2.70.